The summed E-state index contributed by atoms with van der Waals surface area (Å²) in [5.41, 5.74) is 4.03. The molecule has 0 radical (unpaired) electrons. The van der Waals surface area contributed by atoms with Crippen molar-refractivity contribution in [3.8, 4) is 0 Å². The van der Waals surface area contributed by atoms with Crippen LogP contribution in [-0.2, 0) is 14.8 Å². The fourth-order valence-corrected chi connectivity index (χ4v) is 4.86. The van der Waals surface area contributed by atoms with Gasteiger partial charge in [0.15, 0.2) is 0 Å². The van der Waals surface area contributed by atoms with Gasteiger partial charge in [0.25, 0.3) is 0 Å². The van der Waals surface area contributed by atoms with E-state index in [1.807, 2.05) is 37.8 Å². The average molecular weight is 402 g/mol. The molecule has 0 bridgehead atoms. The van der Waals surface area contributed by atoms with Gasteiger partial charge >= 0.3 is 0 Å². The molecule has 0 unspecified atom stereocenters. The number of anilines is 1. The molecule has 28 heavy (non-hydrogen) atoms. The average Bonchev–Trinajstić information content (AvgIpc) is 2.61. The zero-order chi connectivity index (χ0) is 20.3. The van der Waals surface area contributed by atoms with Crippen LogP contribution in [0.2, 0.25) is 0 Å². The molecule has 1 fully saturated rings. The lowest BCUT2D eigenvalue weighted by atomic mass is 10.1. The van der Waals surface area contributed by atoms with Crippen LogP contribution in [0.4, 0.5) is 5.69 Å². The highest BCUT2D eigenvalue weighted by atomic mass is 32.2. The second-order valence-corrected chi connectivity index (χ2v) is 9.36. The van der Waals surface area contributed by atoms with E-state index < -0.39 is 10.0 Å². The van der Waals surface area contributed by atoms with Gasteiger partial charge in [-0.05, 0) is 56.2 Å². The number of nitrogens with zero attached hydrogens (tertiary/aromatic N) is 2. The largest absolute Gasteiger partial charge is 0.325 e. The minimum Gasteiger partial charge on any atom is -0.325 e. The smallest absolute Gasteiger partial charge is 0.243 e. The van der Waals surface area contributed by atoms with Gasteiger partial charge in [-0.25, -0.2) is 8.42 Å². The summed E-state index contributed by atoms with van der Waals surface area (Å²) in [6, 6.07) is 12.8. The number of hydrogen-bond donors (Lipinski definition) is 1. The third kappa shape index (κ3) is 4.98. The Bertz CT molecular complexity index is 927. The fraction of sp³-hybridized carbons (Fsp3) is 0.381. The Labute approximate surface area is 167 Å². The molecule has 1 aliphatic heterocycles. The quantitative estimate of drug-likeness (QED) is 0.836. The molecule has 3 rings (SSSR count). The molecule has 0 aliphatic carbocycles. The highest BCUT2D eigenvalue weighted by Gasteiger charge is 2.28. The van der Waals surface area contributed by atoms with Gasteiger partial charge in [-0.2, -0.15) is 4.31 Å². The summed E-state index contributed by atoms with van der Waals surface area (Å²) in [5, 5.41) is 2.93. The number of piperazine rings is 1. The maximum absolute atomic E-state index is 12.8. The first-order valence-electron chi connectivity index (χ1n) is 9.41. The van der Waals surface area contributed by atoms with E-state index in [0.29, 0.717) is 31.1 Å². The number of sulfonamides is 1. The predicted octanol–water partition coefficient (Wildman–Crippen LogP) is 2.56. The van der Waals surface area contributed by atoms with E-state index in [9.17, 15) is 13.2 Å². The fourth-order valence-electron chi connectivity index (χ4n) is 3.44. The van der Waals surface area contributed by atoms with E-state index in [1.54, 1.807) is 24.3 Å². The van der Waals surface area contributed by atoms with Crippen molar-refractivity contribution < 1.29 is 13.2 Å². The third-order valence-corrected chi connectivity index (χ3v) is 6.78. The molecule has 1 saturated heterocycles. The lowest BCUT2D eigenvalue weighted by molar-refractivity contribution is -0.117. The molecule has 0 atom stereocenters. The Kier molecular flexibility index (Phi) is 6.17. The van der Waals surface area contributed by atoms with Crippen molar-refractivity contribution in [3.05, 3.63) is 59.2 Å². The van der Waals surface area contributed by atoms with E-state index in [1.165, 1.54) is 4.31 Å². The van der Waals surface area contributed by atoms with Gasteiger partial charge in [0, 0.05) is 31.9 Å². The predicted molar refractivity (Wildman–Crippen MR) is 111 cm³/mol. The van der Waals surface area contributed by atoms with Crippen LogP contribution < -0.4 is 5.32 Å². The first-order valence-corrected chi connectivity index (χ1v) is 10.9. The summed E-state index contributed by atoms with van der Waals surface area (Å²) in [6.45, 7) is 8.01. The van der Waals surface area contributed by atoms with Gasteiger partial charge in [-0.15, -0.1) is 0 Å². The topological polar surface area (TPSA) is 69.7 Å². The van der Waals surface area contributed by atoms with Gasteiger partial charge in [0.2, 0.25) is 15.9 Å². The monoisotopic (exact) mass is 401 g/mol. The second kappa shape index (κ2) is 8.43. The van der Waals surface area contributed by atoms with Crippen molar-refractivity contribution in [1.29, 1.82) is 0 Å². The number of hydrogen-bond acceptors (Lipinski definition) is 4. The highest BCUT2D eigenvalue weighted by Crippen LogP contribution is 2.18. The Morgan fingerprint density at radius 1 is 0.893 bits per heavy atom. The maximum Gasteiger partial charge on any atom is 0.243 e. The molecule has 0 saturated carbocycles. The SMILES string of the molecule is Cc1ccc(S(=O)(=O)N2CCN(CC(=O)Nc3cc(C)cc(C)c3)CC2)cc1. The lowest BCUT2D eigenvalue weighted by Crippen LogP contribution is -2.50. The van der Waals surface area contributed by atoms with E-state index in [2.05, 4.69) is 11.4 Å². The molecule has 1 N–H and O–H groups in total. The maximum atomic E-state index is 12.8. The van der Waals surface area contributed by atoms with Crippen LogP contribution in [0.3, 0.4) is 0 Å². The summed E-state index contributed by atoms with van der Waals surface area (Å²) in [5.74, 6) is -0.0835. The lowest BCUT2D eigenvalue weighted by Gasteiger charge is -2.33. The number of rotatable bonds is 5. The Morgan fingerprint density at radius 2 is 1.46 bits per heavy atom. The van der Waals surface area contributed by atoms with Crippen LogP contribution in [0, 0.1) is 20.8 Å². The normalized spacial score (nSPS) is 16.1. The molecule has 0 spiro atoms. The van der Waals surface area contributed by atoms with Crippen molar-refractivity contribution >= 4 is 21.6 Å². The summed E-state index contributed by atoms with van der Waals surface area (Å²) in [7, 11) is -3.48. The van der Waals surface area contributed by atoms with Crippen LogP contribution in [0.25, 0.3) is 0 Å². The standard InChI is InChI=1S/C21H27N3O3S/c1-16-4-6-20(7-5-16)28(26,27)24-10-8-23(9-11-24)15-21(25)22-19-13-17(2)12-18(3)14-19/h4-7,12-14H,8-11,15H2,1-3H3,(H,22,25). The third-order valence-electron chi connectivity index (χ3n) is 4.86. The van der Waals surface area contributed by atoms with Gasteiger partial charge in [-0.1, -0.05) is 23.8 Å². The highest BCUT2D eigenvalue weighted by molar-refractivity contribution is 7.89. The van der Waals surface area contributed by atoms with Gasteiger partial charge < -0.3 is 5.32 Å². The van der Waals surface area contributed by atoms with Crippen LogP contribution in [0.15, 0.2) is 47.4 Å². The molecule has 7 heteroatoms. The molecule has 2 aromatic rings. The van der Waals surface area contributed by atoms with Crippen LogP contribution >= 0.6 is 0 Å². The van der Waals surface area contributed by atoms with E-state index in [0.717, 1.165) is 22.4 Å². The Morgan fingerprint density at radius 3 is 2.04 bits per heavy atom. The van der Waals surface area contributed by atoms with Crippen LogP contribution in [0.1, 0.15) is 16.7 Å². The number of carbonyl (C=O) groups excluding carboxylic acids is 1. The molecule has 1 amide bonds. The van der Waals surface area contributed by atoms with E-state index >= 15 is 0 Å². The van der Waals surface area contributed by atoms with Crippen molar-refractivity contribution in [1.82, 2.24) is 9.21 Å². The molecule has 0 aromatic heterocycles. The minimum atomic E-state index is -3.48. The molecule has 1 aliphatic rings. The van der Waals surface area contributed by atoms with Crippen molar-refractivity contribution in [3.63, 3.8) is 0 Å². The Balaban J connectivity index is 1.55. The van der Waals surface area contributed by atoms with Gasteiger partial charge in [0.1, 0.15) is 0 Å². The number of nitrogens with one attached hydrogen (secondary N) is 1. The number of carbonyl (C=O) groups is 1. The molecule has 2 aromatic carbocycles. The van der Waals surface area contributed by atoms with Crippen LogP contribution in [-0.4, -0.2) is 56.3 Å². The number of amides is 1. The summed E-state index contributed by atoms with van der Waals surface area (Å²) in [4.78, 5) is 14.7. The van der Waals surface area contributed by atoms with E-state index in [-0.39, 0.29) is 12.5 Å². The zero-order valence-electron chi connectivity index (χ0n) is 16.6. The number of aryl methyl sites for hydroxylation is 3. The number of benzene rings is 2. The van der Waals surface area contributed by atoms with Crippen molar-refractivity contribution in [2.45, 2.75) is 25.7 Å². The molecule has 1 heterocycles. The van der Waals surface area contributed by atoms with Crippen LogP contribution in [0.5, 0.6) is 0 Å². The molecular weight excluding hydrogens is 374 g/mol. The van der Waals surface area contributed by atoms with Crippen molar-refractivity contribution in [2.24, 2.45) is 0 Å². The van der Waals surface area contributed by atoms with Gasteiger partial charge in [-0.3, -0.25) is 9.69 Å². The zero-order valence-corrected chi connectivity index (χ0v) is 17.4. The summed E-state index contributed by atoms with van der Waals surface area (Å²) < 4.78 is 27.0. The molecule has 6 nitrogen and oxygen atoms in total. The first kappa shape index (κ1) is 20.5. The molecular formula is C21H27N3O3S. The molecule has 150 valence electrons. The first-order chi connectivity index (χ1) is 13.2. The van der Waals surface area contributed by atoms with E-state index in [4.69, 9.17) is 0 Å². The minimum absolute atomic E-state index is 0.0835. The summed E-state index contributed by atoms with van der Waals surface area (Å²) >= 11 is 0. The Hall–Kier alpha value is -2.22. The summed E-state index contributed by atoms with van der Waals surface area (Å²) in [6.07, 6.45) is 0. The van der Waals surface area contributed by atoms with Crippen molar-refractivity contribution in [2.75, 3.05) is 38.0 Å². The second-order valence-electron chi connectivity index (χ2n) is 7.42. The van der Waals surface area contributed by atoms with Gasteiger partial charge in [0.05, 0.1) is 11.4 Å².